The lowest BCUT2D eigenvalue weighted by Crippen LogP contribution is -2.64. The van der Waals surface area contributed by atoms with Crippen molar-refractivity contribution in [2.24, 2.45) is 5.92 Å². The molecule has 0 saturated carbocycles. The molecular weight excluding hydrogens is 450 g/mol. The Balaban J connectivity index is 2.28. The van der Waals surface area contributed by atoms with Crippen LogP contribution in [0.25, 0.3) is 0 Å². The summed E-state index contributed by atoms with van der Waals surface area (Å²) < 4.78 is 16.7. The highest BCUT2D eigenvalue weighted by Gasteiger charge is 2.41. The van der Waals surface area contributed by atoms with Crippen molar-refractivity contribution in [2.45, 2.75) is 97.4 Å². The van der Waals surface area contributed by atoms with E-state index in [1.165, 1.54) is 6.92 Å². The molecule has 1 saturated heterocycles. The number of piperidine rings is 1. The summed E-state index contributed by atoms with van der Waals surface area (Å²) in [5, 5.41) is 5.95. The van der Waals surface area contributed by atoms with Gasteiger partial charge in [0.25, 0.3) is 0 Å². The van der Waals surface area contributed by atoms with Crippen molar-refractivity contribution in [3.8, 4) is 0 Å². The molecule has 2 N–H and O–H groups in total. The Morgan fingerprint density at radius 3 is 2.54 bits per heavy atom. The number of carbonyl (C=O) groups is 3. The van der Waals surface area contributed by atoms with E-state index in [-0.39, 0.29) is 25.0 Å². The number of ether oxygens (including phenoxy) is 3. The summed E-state index contributed by atoms with van der Waals surface area (Å²) in [4.78, 5) is 39.8. The summed E-state index contributed by atoms with van der Waals surface area (Å²) >= 11 is 0. The molecule has 0 unspecified atom stereocenters. The molecule has 0 aromatic carbocycles. The second-order valence-corrected chi connectivity index (χ2v) is 10.5. The van der Waals surface area contributed by atoms with Crippen LogP contribution >= 0.6 is 0 Å². The monoisotopic (exact) mass is 495 g/mol. The van der Waals surface area contributed by atoms with Crippen LogP contribution in [-0.4, -0.2) is 79.5 Å². The van der Waals surface area contributed by atoms with E-state index in [1.54, 1.807) is 27.7 Å². The van der Waals surface area contributed by atoms with Gasteiger partial charge >= 0.3 is 12.1 Å². The van der Waals surface area contributed by atoms with Gasteiger partial charge in [0.05, 0.1) is 31.3 Å². The van der Waals surface area contributed by atoms with Gasteiger partial charge < -0.3 is 24.8 Å². The molecule has 35 heavy (non-hydrogen) atoms. The van der Waals surface area contributed by atoms with Crippen LogP contribution in [0.1, 0.15) is 73.6 Å². The fourth-order valence-electron chi connectivity index (χ4n) is 4.71. The van der Waals surface area contributed by atoms with E-state index in [9.17, 15) is 14.4 Å². The summed E-state index contributed by atoms with van der Waals surface area (Å²) in [6.07, 6.45) is 5.80. The highest BCUT2D eigenvalue weighted by Crippen LogP contribution is 2.29. The number of nitrogens with one attached hydrogen (secondary N) is 2. The number of amides is 2. The Kier molecular flexibility index (Phi) is 11.5. The van der Waals surface area contributed by atoms with Gasteiger partial charge in [0, 0.05) is 32.1 Å². The molecule has 1 aliphatic carbocycles. The van der Waals surface area contributed by atoms with Gasteiger partial charge in [-0.05, 0) is 59.4 Å². The third kappa shape index (κ3) is 9.80. The molecule has 0 aromatic heterocycles. The molecule has 0 aromatic rings. The highest BCUT2D eigenvalue weighted by atomic mass is 16.6. The number of alkyl carbamates (subject to hydrolysis) is 1. The number of carbonyl (C=O) groups excluding carboxylic acids is 3. The van der Waals surface area contributed by atoms with Crippen molar-refractivity contribution in [1.82, 2.24) is 15.5 Å². The number of unbranched alkanes of at least 4 members (excludes halogenated alkanes) is 1. The average molecular weight is 496 g/mol. The first-order chi connectivity index (χ1) is 16.5. The lowest BCUT2D eigenvalue weighted by atomic mass is 9.84. The molecule has 0 spiro atoms. The normalized spacial score (nSPS) is 25.4. The smallest absolute Gasteiger partial charge is 0.407 e. The maximum Gasteiger partial charge on any atom is 0.407 e. The third-order valence-electron chi connectivity index (χ3n) is 6.19. The zero-order valence-electron chi connectivity index (χ0n) is 22.4. The molecule has 200 valence electrons. The maximum absolute atomic E-state index is 12.7. The average Bonchev–Trinajstić information content (AvgIpc) is 2.76. The van der Waals surface area contributed by atoms with Crippen molar-refractivity contribution in [3.05, 3.63) is 11.6 Å². The minimum absolute atomic E-state index is 0.194. The highest BCUT2D eigenvalue weighted by molar-refractivity contribution is 5.89. The van der Waals surface area contributed by atoms with Gasteiger partial charge in [-0.2, -0.15) is 0 Å². The van der Waals surface area contributed by atoms with Crippen molar-refractivity contribution >= 4 is 18.0 Å². The number of hydrogen-bond acceptors (Lipinski definition) is 7. The Morgan fingerprint density at radius 2 is 1.91 bits per heavy atom. The van der Waals surface area contributed by atoms with Crippen LogP contribution in [0.4, 0.5) is 4.79 Å². The first-order valence-electron chi connectivity index (χ1n) is 13.0. The van der Waals surface area contributed by atoms with Gasteiger partial charge in [-0.3, -0.25) is 9.69 Å². The zero-order valence-corrected chi connectivity index (χ0v) is 22.4. The Bertz CT molecular complexity index is 748. The molecule has 1 aliphatic heterocycles. The predicted octanol–water partition coefficient (Wildman–Crippen LogP) is 3.17. The number of nitrogens with zero attached hydrogens (tertiary/aromatic N) is 1. The van der Waals surface area contributed by atoms with Crippen molar-refractivity contribution in [3.63, 3.8) is 0 Å². The molecule has 1 heterocycles. The standard InChI is InChI=1S/C26H45N3O6/c1-7-9-13-33-17-19-11-10-12-29(16-19)22-15-20(24(31)34-8-2)14-21(23(22)27-18(3)30)28-25(32)35-26(4,5)6/h15,19,21-23H,7-14,16-17H2,1-6H3,(H,27,30)(H,28,32)/t19-,21-,22+,23+/m0/s1. The fourth-order valence-corrected chi connectivity index (χ4v) is 4.71. The van der Waals surface area contributed by atoms with Crippen molar-refractivity contribution in [1.29, 1.82) is 0 Å². The van der Waals surface area contributed by atoms with E-state index in [1.807, 2.05) is 6.08 Å². The summed E-state index contributed by atoms with van der Waals surface area (Å²) in [6, 6.07) is -1.22. The van der Waals surface area contributed by atoms with E-state index < -0.39 is 29.7 Å². The largest absolute Gasteiger partial charge is 0.463 e. The summed E-state index contributed by atoms with van der Waals surface area (Å²) in [7, 11) is 0. The van der Waals surface area contributed by atoms with Gasteiger partial charge in [0.1, 0.15) is 5.60 Å². The quantitative estimate of drug-likeness (QED) is 0.354. The topological polar surface area (TPSA) is 106 Å². The molecule has 4 atom stereocenters. The molecule has 2 aliphatic rings. The van der Waals surface area contributed by atoms with Crippen molar-refractivity contribution in [2.75, 3.05) is 32.9 Å². The second kappa shape index (κ2) is 13.8. The fraction of sp³-hybridized carbons (Fsp3) is 0.808. The third-order valence-corrected chi connectivity index (χ3v) is 6.19. The summed E-state index contributed by atoms with van der Waals surface area (Å²) in [5.74, 6) is -0.219. The van der Waals surface area contributed by atoms with E-state index in [2.05, 4.69) is 22.5 Å². The van der Waals surface area contributed by atoms with Gasteiger partial charge in [0.15, 0.2) is 0 Å². The van der Waals surface area contributed by atoms with Crippen LogP contribution in [0.2, 0.25) is 0 Å². The SMILES string of the molecule is CCCCOC[C@H]1CCCN([C@@H]2C=C(C(=O)OCC)C[C@H](NC(=O)OC(C)(C)C)[C@H]2NC(C)=O)C1. The van der Waals surface area contributed by atoms with E-state index in [0.29, 0.717) is 18.1 Å². The molecule has 2 amide bonds. The first-order valence-corrected chi connectivity index (χ1v) is 13.0. The lowest BCUT2D eigenvalue weighted by molar-refractivity contribution is -0.139. The van der Waals surface area contributed by atoms with E-state index in [0.717, 1.165) is 45.4 Å². The number of esters is 1. The van der Waals surface area contributed by atoms with Crippen LogP contribution in [0.5, 0.6) is 0 Å². The molecule has 2 rings (SSSR count). The Morgan fingerprint density at radius 1 is 1.17 bits per heavy atom. The number of rotatable bonds is 10. The Labute approximate surface area is 210 Å². The second-order valence-electron chi connectivity index (χ2n) is 10.5. The first kappa shape index (κ1) is 29.1. The molecule has 9 heteroatoms. The zero-order chi connectivity index (χ0) is 26.0. The van der Waals surface area contributed by atoms with Crippen LogP contribution in [0.3, 0.4) is 0 Å². The van der Waals surface area contributed by atoms with E-state index in [4.69, 9.17) is 14.2 Å². The maximum atomic E-state index is 12.7. The number of hydrogen-bond donors (Lipinski definition) is 2. The molecule has 0 bridgehead atoms. The molecule has 0 radical (unpaired) electrons. The van der Waals surface area contributed by atoms with Gasteiger partial charge in [-0.1, -0.05) is 19.4 Å². The summed E-state index contributed by atoms with van der Waals surface area (Å²) in [6.45, 7) is 14.1. The Hall–Kier alpha value is -2.13. The van der Waals surface area contributed by atoms with E-state index >= 15 is 0 Å². The van der Waals surface area contributed by atoms with Gasteiger partial charge in [0.2, 0.25) is 5.91 Å². The molecule has 1 fully saturated rings. The molecule has 9 nitrogen and oxygen atoms in total. The van der Waals surface area contributed by atoms with Crippen LogP contribution < -0.4 is 10.6 Å². The lowest BCUT2D eigenvalue weighted by Gasteiger charge is -2.45. The van der Waals surface area contributed by atoms with Crippen molar-refractivity contribution < 1.29 is 28.6 Å². The van der Waals surface area contributed by atoms with Crippen LogP contribution in [-0.2, 0) is 23.8 Å². The minimum atomic E-state index is -0.667. The van der Waals surface area contributed by atoms with Crippen LogP contribution in [0, 0.1) is 5.92 Å². The van der Waals surface area contributed by atoms with Crippen LogP contribution in [0.15, 0.2) is 11.6 Å². The number of likely N-dealkylation sites (tertiary alicyclic amines) is 1. The molecular formula is C26H45N3O6. The summed E-state index contributed by atoms with van der Waals surface area (Å²) in [5.41, 5.74) is -0.167. The minimum Gasteiger partial charge on any atom is -0.463 e. The van der Waals surface area contributed by atoms with Gasteiger partial charge in [-0.25, -0.2) is 9.59 Å². The van der Waals surface area contributed by atoms with Gasteiger partial charge in [-0.15, -0.1) is 0 Å². The predicted molar refractivity (Wildman–Crippen MR) is 134 cm³/mol.